The summed E-state index contributed by atoms with van der Waals surface area (Å²) in [4.78, 5) is 58.7. The second-order valence-corrected chi connectivity index (χ2v) is 15.8. The monoisotopic (exact) mass is 790 g/mol. The van der Waals surface area contributed by atoms with Crippen LogP contribution in [0.25, 0.3) is 10.4 Å². The number of carbonyl (C=O) groups is 4. The Kier molecular flexibility index (Phi) is 16.1. The Morgan fingerprint density at radius 3 is 2.43 bits per heavy atom. The van der Waals surface area contributed by atoms with Crippen LogP contribution in [0.15, 0.2) is 48.0 Å². The number of benzene rings is 2. The zero-order chi connectivity index (χ0) is 38.2. The number of carbonyl (C=O) groups excluding carboxylic acids is 4. The Balaban J connectivity index is 0.00000756. The van der Waals surface area contributed by atoms with E-state index in [0.717, 1.165) is 27.3 Å². The third-order valence-electron chi connectivity index (χ3n) is 9.17. The summed E-state index contributed by atoms with van der Waals surface area (Å²) in [6.45, 7) is 9.55. The summed E-state index contributed by atoms with van der Waals surface area (Å²) >= 11 is 8.17. The molecule has 2 unspecified atom stereocenters. The Morgan fingerprint density at radius 2 is 1.81 bits per heavy atom. The van der Waals surface area contributed by atoms with Crippen molar-refractivity contribution < 1.29 is 29.0 Å². The van der Waals surface area contributed by atoms with Crippen LogP contribution in [0, 0.1) is 12.3 Å². The summed E-state index contributed by atoms with van der Waals surface area (Å²) < 4.78 is 5.78. The lowest BCUT2D eigenvalue weighted by Crippen LogP contribution is -2.57. The number of amides is 4. The molecule has 1 saturated heterocycles. The maximum atomic E-state index is 14.0. The highest BCUT2D eigenvalue weighted by molar-refractivity contribution is 7.13. The molecule has 2 aromatic carbocycles. The molecular formula is C38H52Cl2N6O6S. The number of primary amides is 1. The number of nitrogens with one attached hydrogen (secondary N) is 2. The van der Waals surface area contributed by atoms with Gasteiger partial charge in [0.15, 0.2) is 0 Å². The number of hydrogen-bond donors (Lipinski definition) is 5. The van der Waals surface area contributed by atoms with Gasteiger partial charge in [-0.15, -0.1) is 23.7 Å². The first-order valence-corrected chi connectivity index (χ1v) is 18.8. The van der Waals surface area contributed by atoms with Crippen molar-refractivity contribution in [1.82, 2.24) is 20.5 Å². The van der Waals surface area contributed by atoms with Gasteiger partial charge in [0.25, 0.3) is 0 Å². The lowest BCUT2D eigenvalue weighted by Gasteiger charge is -2.35. The largest absolute Gasteiger partial charge is 0.490 e. The highest BCUT2D eigenvalue weighted by Crippen LogP contribution is 2.31. The number of β-amino-alcohol motifs (C(OH)–C–C–N with tert-alkyl or cyclic N) is 1. The van der Waals surface area contributed by atoms with Crippen LogP contribution in [-0.2, 0) is 25.6 Å². The number of aromatic nitrogens is 1. The molecule has 7 N–H and O–H groups in total. The minimum absolute atomic E-state index is 0. The van der Waals surface area contributed by atoms with Crippen LogP contribution in [0.2, 0.25) is 5.02 Å². The fraction of sp³-hybridized carbons (Fsp3) is 0.500. The highest BCUT2D eigenvalue weighted by atomic mass is 35.5. The Labute approximate surface area is 326 Å². The molecule has 0 spiro atoms. The number of rotatable bonds is 16. The SMILES string of the molecule is Cc1ncsc1-c1ccc([C@H](C)NC(=O)C2CC(O)CN2C(=O)[C@@H](NC(=O)CCCc2cccc(OC[C@@H](N)CCC(N)=O)c2Cl)C(C)(C)C)cc1.Cl. The summed E-state index contributed by atoms with van der Waals surface area (Å²) in [5.41, 5.74) is 16.0. The third kappa shape index (κ3) is 12.1. The zero-order valence-electron chi connectivity index (χ0n) is 30.9. The molecule has 5 atom stereocenters. The molecule has 12 nitrogen and oxygen atoms in total. The van der Waals surface area contributed by atoms with Gasteiger partial charge in [-0.2, -0.15) is 0 Å². The average molecular weight is 792 g/mol. The molecule has 3 aromatic rings. The van der Waals surface area contributed by atoms with Crippen LogP contribution in [0.4, 0.5) is 0 Å². The number of ether oxygens (including phenoxy) is 1. The van der Waals surface area contributed by atoms with Crippen LogP contribution in [0.5, 0.6) is 5.75 Å². The van der Waals surface area contributed by atoms with Gasteiger partial charge in [-0.3, -0.25) is 19.2 Å². The molecule has 1 aromatic heterocycles. The van der Waals surface area contributed by atoms with Gasteiger partial charge in [-0.25, -0.2) is 4.98 Å². The van der Waals surface area contributed by atoms with Gasteiger partial charge in [-0.1, -0.05) is 68.8 Å². The predicted molar refractivity (Wildman–Crippen MR) is 210 cm³/mol. The zero-order valence-corrected chi connectivity index (χ0v) is 33.3. The van der Waals surface area contributed by atoms with Crippen LogP contribution in [-0.4, -0.2) is 76.0 Å². The Morgan fingerprint density at radius 1 is 1.11 bits per heavy atom. The quantitative estimate of drug-likeness (QED) is 0.136. The van der Waals surface area contributed by atoms with E-state index in [0.29, 0.717) is 30.0 Å². The van der Waals surface area contributed by atoms with E-state index >= 15 is 0 Å². The number of likely N-dealkylation sites (tertiary alicyclic amines) is 1. The topological polar surface area (TPSA) is 190 Å². The molecule has 53 heavy (non-hydrogen) atoms. The molecule has 1 fully saturated rings. The lowest BCUT2D eigenvalue weighted by atomic mass is 9.85. The van der Waals surface area contributed by atoms with Crippen molar-refractivity contribution in [2.45, 2.75) is 103 Å². The predicted octanol–water partition coefficient (Wildman–Crippen LogP) is 4.86. The molecule has 0 saturated carbocycles. The molecular weight excluding hydrogens is 739 g/mol. The fourth-order valence-electron chi connectivity index (χ4n) is 6.16. The number of nitrogens with two attached hydrogens (primary N) is 2. The maximum Gasteiger partial charge on any atom is 0.246 e. The summed E-state index contributed by atoms with van der Waals surface area (Å²) in [5, 5.41) is 16.9. The summed E-state index contributed by atoms with van der Waals surface area (Å²) in [7, 11) is 0. The average Bonchev–Trinajstić information content (AvgIpc) is 3.70. The van der Waals surface area contributed by atoms with Crippen LogP contribution in [0.3, 0.4) is 0 Å². The number of aliphatic hydroxyl groups excluding tert-OH is 1. The molecule has 1 aliphatic rings. The van der Waals surface area contributed by atoms with E-state index in [4.69, 9.17) is 27.8 Å². The second-order valence-electron chi connectivity index (χ2n) is 14.5. The molecule has 1 aliphatic heterocycles. The van der Waals surface area contributed by atoms with Crippen molar-refractivity contribution in [3.63, 3.8) is 0 Å². The van der Waals surface area contributed by atoms with E-state index in [1.807, 2.05) is 70.5 Å². The fourth-order valence-corrected chi connectivity index (χ4v) is 7.24. The number of thiazole rings is 1. The van der Waals surface area contributed by atoms with Crippen LogP contribution < -0.4 is 26.8 Å². The molecule has 0 bridgehead atoms. The summed E-state index contributed by atoms with van der Waals surface area (Å²) in [6.07, 6.45) is 0.860. The molecule has 2 heterocycles. The van der Waals surface area contributed by atoms with E-state index in [1.54, 1.807) is 23.5 Å². The van der Waals surface area contributed by atoms with E-state index in [2.05, 4.69) is 15.6 Å². The van der Waals surface area contributed by atoms with Crippen molar-refractivity contribution in [2.24, 2.45) is 16.9 Å². The minimum Gasteiger partial charge on any atom is -0.490 e. The van der Waals surface area contributed by atoms with Gasteiger partial charge in [0.2, 0.25) is 23.6 Å². The van der Waals surface area contributed by atoms with Crippen molar-refractivity contribution in [3.05, 3.63) is 69.8 Å². The molecule has 0 radical (unpaired) electrons. The highest BCUT2D eigenvalue weighted by Gasteiger charge is 2.44. The molecule has 290 valence electrons. The number of aliphatic hydroxyl groups is 1. The summed E-state index contributed by atoms with van der Waals surface area (Å²) in [6, 6.07) is 10.8. The van der Waals surface area contributed by atoms with Crippen molar-refractivity contribution in [3.8, 4) is 16.2 Å². The van der Waals surface area contributed by atoms with Gasteiger partial charge in [-0.05, 0) is 61.3 Å². The van der Waals surface area contributed by atoms with E-state index in [1.165, 1.54) is 4.90 Å². The molecule has 15 heteroatoms. The molecule has 4 amide bonds. The third-order valence-corrected chi connectivity index (χ3v) is 10.6. The normalized spacial score (nSPS) is 17.3. The minimum atomic E-state index is -0.931. The van der Waals surface area contributed by atoms with Gasteiger partial charge >= 0.3 is 0 Å². The van der Waals surface area contributed by atoms with Crippen LogP contribution >= 0.6 is 35.3 Å². The van der Waals surface area contributed by atoms with Gasteiger partial charge < -0.3 is 36.8 Å². The first-order valence-electron chi connectivity index (χ1n) is 17.6. The Bertz CT molecular complexity index is 1720. The van der Waals surface area contributed by atoms with Crippen molar-refractivity contribution in [1.29, 1.82) is 0 Å². The molecule has 4 rings (SSSR count). The number of nitrogens with zero attached hydrogens (tertiary/aromatic N) is 2. The Hall–Kier alpha value is -3.75. The number of halogens is 2. The first kappa shape index (κ1) is 43.7. The number of hydrogen-bond acceptors (Lipinski definition) is 9. The van der Waals surface area contributed by atoms with Crippen LogP contribution in [0.1, 0.15) is 82.7 Å². The van der Waals surface area contributed by atoms with E-state index < -0.39 is 35.4 Å². The van der Waals surface area contributed by atoms with Crippen molar-refractivity contribution >= 4 is 59.0 Å². The first-order chi connectivity index (χ1) is 24.5. The molecule has 0 aliphatic carbocycles. The van der Waals surface area contributed by atoms with Gasteiger partial charge in [0.05, 0.1) is 33.3 Å². The van der Waals surface area contributed by atoms with Crippen molar-refractivity contribution in [2.75, 3.05) is 13.2 Å². The smallest absolute Gasteiger partial charge is 0.246 e. The lowest BCUT2D eigenvalue weighted by molar-refractivity contribution is -0.144. The van der Waals surface area contributed by atoms with E-state index in [-0.39, 0.29) is 68.7 Å². The number of aryl methyl sites for hydroxylation is 2. The second kappa shape index (κ2) is 19.5. The standard InChI is InChI=1S/C38H51ClN6O6S.ClH/c1-22(24-12-14-26(15-13-24)34-23(2)42-21-52-34)43-36(49)29-18-28(46)19-45(29)37(50)35(38(3,4)5)44-32(48)11-7-9-25-8-6-10-30(33(25)39)51-20-27(40)16-17-31(41)47;/h6,8,10,12-15,21-22,27-29,35,46H,7,9,11,16-20,40H2,1-5H3,(H2,41,47)(H,43,49)(H,44,48);1H/t22-,27-,28?,29?,35+;/m0./s1. The van der Waals surface area contributed by atoms with E-state index in [9.17, 15) is 24.3 Å². The van der Waals surface area contributed by atoms with Gasteiger partial charge in [0, 0.05) is 31.8 Å². The van der Waals surface area contributed by atoms with Gasteiger partial charge in [0.1, 0.15) is 24.4 Å². The maximum absolute atomic E-state index is 14.0. The summed E-state index contributed by atoms with van der Waals surface area (Å²) in [5.74, 6) is -1.07.